The number of benzene rings is 1. The van der Waals surface area contributed by atoms with Gasteiger partial charge in [-0.2, -0.15) is 0 Å². The van der Waals surface area contributed by atoms with Gasteiger partial charge in [0, 0.05) is 30.0 Å². The molecule has 25 heavy (non-hydrogen) atoms. The summed E-state index contributed by atoms with van der Waals surface area (Å²) >= 11 is 1.15. The lowest BCUT2D eigenvalue weighted by molar-refractivity contribution is -0.146. The van der Waals surface area contributed by atoms with Gasteiger partial charge in [0.25, 0.3) is 5.91 Å². The summed E-state index contributed by atoms with van der Waals surface area (Å²) in [6.45, 7) is 0.341. The average Bonchev–Trinajstić information content (AvgIpc) is 2.98. The number of nitrogens with one attached hydrogen (secondary N) is 1. The van der Waals surface area contributed by atoms with Crippen LogP contribution in [0.5, 0.6) is 0 Å². The van der Waals surface area contributed by atoms with E-state index in [4.69, 9.17) is 5.73 Å². The van der Waals surface area contributed by atoms with Crippen LogP contribution in [-0.2, 0) is 9.59 Å². The number of nitrogens with two attached hydrogens (primary N) is 1. The molecule has 0 aromatic heterocycles. The van der Waals surface area contributed by atoms with E-state index < -0.39 is 5.54 Å². The van der Waals surface area contributed by atoms with Crippen molar-refractivity contribution in [2.24, 2.45) is 5.73 Å². The van der Waals surface area contributed by atoms with E-state index in [9.17, 15) is 19.2 Å². The predicted octanol–water partition coefficient (Wildman–Crippen LogP) is -0.278. The second-order valence-electron chi connectivity index (χ2n) is 6.17. The van der Waals surface area contributed by atoms with Gasteiger partial charge >= 0.3 is 0 Å². The van der Waals surface area contributed by atoms with Crippen molar-refractivity contribution in [1.29, 1.82) is 0 Å². The SMILES string of the molecule is NCCN1CC(=O)NC2(CSC3=C2C(=O)c2ccccc2C3=O)C1=O. The number of thioether (sulfide) groups is 1. The maximum Gasteiger partial charge on any atom is 0.254 e. The number of fused-ring (bicyclic) bond motifs is 2. The Balaban J connectivity index is 1.86. The highest BCUT2D eigenvalue weighted by molar-refractivity contribution is 8.04. The van der Waals surface area contributed by atoms with Gasteiger partial charge in [0.2, 0.25) is 11.7 Å². The Hall–Kier alpha value is -2.45. The molecule has 7 nitrogen and oxygen atoms in total. The molecule has 0 bridgehead atoms. The third kappa shape index (κ3) is 2.11. The van der Waals surface area contributed by atoms with Crippen LogP contribution in [0, 0.1) is 0 Å². The lowest BCUT2D eigenvalue weighted by atomic mass is 9.78. The molecule has 0 radical (unpaired) electrons. The largest absolute Gasteiger partial charge is 0.336 e. The van der Waals surface area contributed by atoms with Gasteiger partial charge in [-0.25, -0.2) is 0 Å². The first-order chi connectivity index (χ1) is 12.0. The van der Waals surface area contributed by atoms with Crippen molar-refractivity contribution in [1.82, 2.24) is 10.2 Å². The van der Waals surface area contributed by atoms with E-state index in [0.717, 1.165) is 11.8 Å². The van der Waals surface area contributed by atoms with Crippen LogP contribution in [0.25, 0.3) is 0 Å². The van der Waals surface area contributed by atoms with E-state index in [2.05, 4.69) is 5.32 Å². The Morgan fingerprint density at radius 1 is 1.12 bits per heavy atom. The fraction of sp³-hybridized carbons (Fsp3) is 0.294. The molecule has 2 amide bonds. The van der Waals surface area contributed by atoms with Crippen molar-refractivity contribution in [2.75, 3.05) is 25.4 Å². The molecule has 1 aliphatic carbocycles. The van der Waals surface area contributed by atoms with Crippen LogP contribution in [0.1, 0.15) is 20.7 Å². The van der Waals surface area contributed by atoms with Crippen LogP contribution in [0.3, 0.4) is 0 Å². The molecular formula is C17H15N3O4S. The first-order valence-electron chi connectivity index (χ1n) is 7.86. The summed E-state index contributed by atoms with van der Waals surface area (Å²) in [4.78, 5) is 52.7. The highest BCUT2D eigenvalue weighted by atomic mass is 32.2. The molecule has 1 atom stereocenters. The van der Waals surface area contributed by atoms with Gasteiger partial charge in [-0.05, 0) is 0 Å². The molecule has 1 aromatic rings. The number of Topliss-reactive ketones (excluding diaryl/α,β-unsaturated/α-hetero) is 2. The number of hydrogen-bond acceptors (Lipinski definition) is 6. The van der Waals surface area contributed by atoms with Crippen LogP contribution in [0.2, 0.25) is 0 Å². The third-order valence-electron chi connectivity index (χ3n) is 4.68. The van der Waals surface area contributed by atoms with Crippen LogP contribution < -0.4 is 11.1 Å². The third-order valence-corrected chi connectivity index (χ3v) is 5.93. The number of carbonyl (C=O) groups is 4. The number of carbonyl (C=O) groups excluding carboxylic acids is 4. The maximum atomic E-state index is 13.1. The minimum absolute atomic E-state index is 0.0935. The molecule has 2 heterocycles. The first-order valence-corrected chi connectivity index (χ1v) is 8.84. The quantitative estimate of drug-likeness (QED) is 0.754. The van der Waals surface area contributed by atoms with Crippen molar-refractivity contribution in [2.45, 2.75) is 5.54 Å². The molecule has 1 saturated heterocycles. The number of ketones is 2. The number of hydrogen-bond donors (Lipinski definition) is 2. The minimum Gasteiger partial charge on any atom is -0.336 e. The lowest BCUT2D eigenvalue weighted by Crippen LogP contribution is -2.69. The summed E-state index contributed by atoms with van der Waals surface area (Å²) in [5.41, 5.74) is 4.76. The van der Waals surface area contributed by atoms with E-state index in [-0.39, 0.29) is 64.8 Å². The van der Waals surface area contributed by atoms with E-state index in [1.54, 1.807) is 24.3 Å². The summed E-state index contributed by atoms with van der Waals surface area (Å²) in [6, 6.07) is 6.55. The summed E-state index contributed by atoms with van der Waals surface area (Å²) < 4.78 is 0. The zero-order valence-corrected chi connectivity index (χ0v) is 14.0. The van der Waals surface area contributed by atoms with Crippen molar-refractivity contribution in [3.63, 3.8) is 0 Å². The van der Waals surface area contributed by atoms with Crippen molar-refractivity contribution >= 4 is 35.1 Å². The Kier molecular flexibility index (Phi) is 3.55. The molecule has 0 saturated carbocycles. The Bertz CT molecular complexity index is 878. The zero-order valence-electron chi connectivity index (χ0n) is 13.2. The monoisotopic (exact) mass is 357 g/mol. The fourth-order valence-electron chi connectivity index (χ4n) is 3.58. The van der Waals surface area contributed by atoms with E-state index in [0.29, 0.717) is 5.56 Å². The van der Waals surface area contributed by atoms with Gasteiger partial charge in [-0.15, -0.1) is 11.8 Å². The van der Waals surface area contributed by atoms with Crippen LogP contribution in [-0.4, -0.2) is 59.2 Å². The highest BCUT2D eigenvalue weighted by Crippen LogP contribution is 2.46. The van der Waals surface area contributed by atoms with Crippen LogP contribution >= 0.6 is 11.8 Å². The normalized spacial score (nSPS) is 25.4. The molecule has 1 aromatic carbocycles. The number of allylic oxidation sites excluding steroid dienone is 1. The predicted molar refractivity (Wildman–Crippen MR) is 91.1 cm³/mol. The van der Waals surface area contributed by atoms with Crippen LogP contribution in [0.4, 0.5) is 0 Å². The van der Waals surface area contributed by atoms with Crippen molar-refractivity contribution in [3.05, 3.63) is 45.9 Å². The average molecular weight is 357 g/mol. The van der Waals surface area contributed by atoms with Crippen LogP contribution in [0.15, 0.2) is 34.7 Å². The summed E-state index contributed by atoms with van der Waals surface area (Å²) in [5, 5.41) is 2.69. The summed E-state index contributed by atoms with van der Waals surface area (Å²) in [5.74, 6) is -1.25. The smallest absolute Gasteiger partial charge is 0.254 e. The first kappa shape index (κ1) is 16.0. The Labute approximate surface area is 147 Å². The van der Waals surface area contributed by atoms with Crippen molar-refractivity contribution < 1.29 is 19.2 Å². The molecule has 3 aliphatic rings. The number of rotatable bonds is 2. The van der Waals surface area contributed by atoms with E-state index in [1.165, 1.54) is 4.90 Å². The fourth-order valence-corrected chi connectivity index (χ4v) is 4.93. The Morgan fingerprint density at radius 3 is 2.48 bits per heavy atom. The molecule has 1 unspecified atom stereocenters. The topological polar surface area (TPSA) is 110 Å². The van der Waals surface area contributed by atoms with Gasteiger partial charge in [0.15, 0.2) is 11.3 Å². The highest BCUT2D eigenvalue weighted by Gasteiger charge is 2.58. The number of piperazine rings is 1. The number of nitrogens with zero attached hydrogens (tertiary/aromatic N) is 1. The number of amides is 2. The standard InChI is InChI=1S/C17H15N3O4S/c18-5-6-20-7-11(21)19-17(16(20)24)8-25-15-12(17)13(22)9-3-1-2-4-10(9)14(15)23/h1-4H,5-8,18H2,(H,19,21). The van der Waals surface area contributed by atoms with Gasteiger partial charge in [0.05, 0.1) is 17.0 Å². The molecule has 2 aliphatic heterocycles. The van der Waals surface area contributed by atoms with Gasteiger partial charge in [-0.1, -0.05) is 24.3 Å². The molecule has 8 heteroatoms. The molecule has 1 fully saturated rings. The molecular weight excluding hydrogens is 342 g/mol. The second kappa shape index (κ2) is 5.53. The second-order valence-corrected chi connectivity index (χ2v) is 7.15. The Morgan fingerprint density at radius 2 is 1.80 bits per heavy atom. The summed E-state index contributed by atoms with van der Waals surface area (Å²) in [7, 11) is 0. The molecule has 128 valence electrons. The van der Waals surface area contributed by atoms with Gasteiger partial charge in [-0.3, -0.25) is 19.2 Å². The summed E-state index contributed by atoms with van der Waals surface area (Å²) in [6.07, 6.45) is 0. The van der Waals surface area contributed by atoms with Crippen molar-refractivity contribution in [3.8, 4) is 0 Å². The zero-order chi connectivity index (χ0) is 17.8. The maximum absolute atomic E-state index is 13.1. The molecule has 4 rings (SSSR count). The molecule has 3 N–H and O–H groups in total. The van der Waals surface area contributed by atoms with E-state index in [1.807, 2.05) is 0 Å². The van der Waals surface area contributed by atoms with E-state index >= 15 is 0 Å². The van der Waals surface area contributed by atoms with Gasteiger partial charge in [0.1, 0.15) is 0 Å². The van der Waals surface area contributed by atoms with Gasteiger partial charge < -0.3 is 16.0 Å². The minimum atomic E-state index is -1.48. The molecule has 1 spiro atoms. The lowest BCUT2D eigenvalue weighted by Gasteiger charge is -2.40.